The summed E-state index contributed by atoms with van der Waals surface area (Å²) in [4.78, 5) is 4.87. The largest absolute Gasteiger partial charge is 0.304 e. The summed E-state index contributed by atoms with van der Waals surface area (Å²) in [5.74, 6) is 4.97. The number of hydrogen-bond donors (Lipinski definition) is 1. The van der Waals surface area contributed by atoms with Crippen LogP contribution in [0, 0.1) is 13.8 Å². The number of aryl methyl sites for hydroxylation is 1. The van der Waals surface area contributed by atoms with Crippen LogP contribution in [0.15, 0.2) is 17.0 Å². The molecule has 0 bridgehead atoms. The Kier molecular flexibility index (Phi) is 4.07. The Morgan fingerprint density at radius 3 is 2.44 bits per heavy atom. The first-order valence-corrected chi connectivity index (χ1v) is 6.87. The lowest BCUT2D eigenvalue weighted by Gasteiger charge is -2.10. The highest BCUT2D eigenvalue weighted by atomic mass is 32.2. The normalized spacial score (nSPS) is 11.8. The number of nitrogens with two attached hydrogens (primary N) is 1. The third-order valence-electron chi connectivity index (χ3n) is 2.67. The molecule has 4 nitrogen and oxygen atoms in total. The summed E-state index contributed by atoms with van der Waals surface area (Å²) < 4.78 is 22.9. The zero-order chi connectivity index (χ0) is 12.3. The lowest BCUT2D eigenvalue weighted by atomic mass is 10.0. The van der Waals surface area contributed by atoms with Gasteiger partial charge in [0.2, 0.25) is 0 Å². The fourth-order valence-corrected chi connectivity index (χ4v) is 2.29. The molecule has 0 unspecified atom stereocenters. The average Bonchev–Trinajstić information content (AvgIpc) is 2.18. The van der Waals surface area contributed by atoms with Gasteiger partial charge in [0.25, 0.3) is 0 Å². The molecule has 0 fully saturated rings. The molecule has 0 saturated heterocycles. The van der Waals surface area contributed by atoms with Gasteiger partial charge in [-0.3, -0.25) is 0 Å². The Balaban J connectivity index is 3.22. The maximum Gasteiger partial charge on any atom is 0.175 e. The molecule has 5 heteroatoms. The second-order valence-corrected chi connectivity index (χ2v) is 5.93. The molecular weight excluding hydrogens is 226 g/mol. The van der Waals surface area contributed by atoms with Crippen LogP contribution in [0.5, 0.6) is 0 Å². The van der Waals surface area contributed by atoms with Crippen molar-refractivity contribution >= 4 is 9.84 Å². The molecule has 90 valence electrons. The zero-order valence-corrected chi connectivity index (χ0v) is 10.6. The Morgan fingerprint density at radius 2 is 1.94 bits per heavy atom. The second-order valence-electron chi connectivity index (χ2n) is 3.92. The average molecular weight is 243 g/mol. The number of benzene rings is 1. The van der Waals surface area contributed by atoms with Gasteiger partial charge in [0.1, 0.15) is 0 Å². The molecule has 0 aliphatic heterocycles. The molecule has 0 aliphatic rings. The van der Waals surface area contributed by atoms with Crippen molar-refractivity contribution in [1.29, 1.82) is 0 Å². The Labute approximate surface area is 96.3 Å². The van der Waals surface area contributed by atoms with Gasteiger partial charge >= 0.3 is 0 Å². The highest BCUT2D eigenvalue weighted by molar-refractivity contribution is 7.90. The second kappa shape index (κ2) is 4.95. The van der Waals surface area contributed by atoms with Crippen LogP contribution in [0.1, 0.15) is 16.7 Å². The van der Waals surface area contributed by atoms with E-state index in [2.05, 4.69) is 4.84 Å². The minimum absolute atomic E-state index is 0.350. The van der Waals surface area contributed by atoms with E-state index >= 15 is 0 Å². The van der Waals surface area contributed by atoms with Gasteiger partial charge in [-0.25, -0.2) is 14.3 Å². The highest BCUT2D eigenvalue weighted by Gasteiger charge is 2.11. The molecule has 0 spiro atoms. The number of sulfone groups is 1. The minimum atomic E-state index is -3.16. The first-order chi connectivity index (χ1) is 7.36. The molecule has 16 heavy (non-hydrogen) atoms. The van der Waals surface area contributed by atoms with Crippen molar-refractivity contribution < 1.29 is 13.3 Å². The fourth-order valence-electron chi connectivity index (χ4n) is 1.54. The van der Waals surface area contributed by atoms with Gasteiger partial charge in [-0.1, -0.05) is 0 Å². The summed E-state index contributed by atoms with van der Waals surface area (Å²) >= 11 is 0. The smallest absolute Gasteiger partial charge is 0.175 e. The van der Waals surface area contributed by atoms with E-state index in [9.17, 15) is 8.42 Å². The molecule has 1 aromatic carbocycles. The van der Waals surface area contributed by atoms with Crippen molar-refractivity contribution in [3.05, 3.63) is 28.8 Å². The molecule has 0 radical (unpaired) electrons. The molecule has 1 rings (SSSR count). The van der Waals surface area contributed by atoms with Crippen LogP contribution in [0.2, 0.25) is 0 Å². The van der Waals surface area contributed by atoms with Crippen LogP contribution in [0.4, 0.5) is 0 Å². The quantitative estimate of drug-likeness (QED) is 0.805. The Morgan fingerprint density at radius 1 is 1.31 bits per heavy atom. The molecule has 0 aliphatic carbocycles. The molecule has 0 saturated carbocycles. The lowest BCUT2D eigenvalue weighted by molar-refractivity contribution is 0.141. The zero-order valence-electron chi connectivity index (χ0n) is 9.78. The van der Waals surface area contributed by atoms with E-state index in [0.29, 0.717) is 17.9 Å². The monoisotopic (exact) mass is 243 g/mol. The third-order valence-corrected chi connectivity index (χ3v) is 3.76. The Bertz CT molecular complexity index is 480. The van der Waals surface area contributed by atoms with Gasteiger partial charge in [0, 0.05) is 6.26 Å². The van der Waals surface area contributed by atoms with Crippen molar-refractivity contribution in [2.75, 3.05) is 12.9 Å². The molecule has 0 heterocycles. The predicted molar refractivity (Wildman–Crippen MR) is 62.9 cm³/mol. The van der Waals surface area contributed by atoms with Crippen LogP contribution >= 0.6 is 0 Å². The van der Waals surface area contributed by atoms with Crippen molar-refractivity contribution in [3.8, 4) is 0 Å². The predicted octanol–water partition coefficient (Wildman–Crippen LogP) is 1.14. The van der Waals surface area contributed by atoms with E-state index in [4.69, 9.17) is 5.90 Å². The van der Waals surface area contributed by atoms with Crippen LogP contribution < -0.4 is 5.90 Å². The standard InChI is InChI=1S/C11H17NO3S/c1-8-6-11(16(3,13)14)7-10(9(8)2)4-5-15-12/h6-7H,4-5,12H2,1-3H3. The van der Waals surface area contributed by atoms with Gasteiger partial charge in [-0.05, 0) is 49.1 Å². The minimum Gasteiger partial charge on any atom is -0.304 e. The van der Waals surface area contributed by atoms with E-state index in [1.807, 2.05) is 13.8 Å². The first kappa shape index (κ1) is 13.2. The van der Waals surface area contributed by atoms with Crippen LogP contribution in [-0.4, -0.2) is 21.3 Å². The van der Waals surface area contributed by atoms with Crippen LogP contribution in [0.3, 0.4) is 0 Å². The van der Waals surface area contributed by atoms with E-state index in [-0.39, 0.29) is 0 Å². The van der Waals surface area contributed by atoms with Crippen molar-refractivity contribution in [2.45, 2.75) is 25.2 Å². The molecule has 2 N–H and O–H groups in total. The topological polar surface area (TPSA) is 69.4 Å². The fraction of sp³-hybridized carbons (Fsp3) is 0.455. The van der Waals surface area contributed by atoms with Gasteiger partial charge in [-0.2, -0.15) is 0 Å². The van der Waals surface area contributed by atoms with Crippen molar-refractivity contribution in [3.63, 3.8) is 0 Å². The van der Waals surface area contributed by atoms with E-state index in [1.54, 1.807) is 12.1 Å². The maximum atomic E-state index is 11.5. The molecule has 1 aromatic rings. The number of hydrogen-bond acceptors (Lipinski definition) is 4. The van der Waals surface area contributed by atoms with Crippen LogP contribution in [-0.2, 0) is 21.1 Å². The number of rotatable bonds is 4. The highest BCUT2D eigenvalue weighted by Crippen LogP contribution is 2.20. The van der Waals surface area contributed by atoms with Gasteiger partial charge < -0.3 is 4.84 Å². The van der Waals surface area contributed by atoms with Gasteiger partial charge in [0.15, 0.2) is 9.84 Å². The lowest BCUT2D eigenvalue weighted by Crippen LogP contribution is -2.07. The Hall–Kier alpha value is -0.910. The summed E-state index contributed by atoms with van der Waals surface area (Å²) in [5.41, 5.74) is 3.02. The molecular formula is C11H17NO3S. The summed E-state index contributed by atoms with van der Waals surface area (Å²) in [7, 11) is -3.16. The SMILES string of the molecule is Cc1cc(S(C)(=O)=O)cc(CCON)c1C. The van der Waals surface area contributed by atoms with E-state index in [1.165, 1.54) is 6.26 Å². The van der Waals surface area contributed by atoms with Gasteiger partial charge in [-0.15, -0.1) is 0 Å². The first-order valence-electron chi connectivity index (χ1n) is 4.98. The van der Waals surface area contributed by atoms with Gasteiger partial charge in [0.05, 0.1) is 11.5 Å². The molecule has 0 atom stereocenters. The summed E-state index contributed by atoms with van der Waals surface area (Å²) in [6, 6.07) is 3.38. The van der Waals surface area contributed by atoms with E-state index < -0.39 is 9.84 Å². The van der Waals surface area contributed by atoms with Crippen molar-refractivity contribution in [2.24, 2.45) is 5.90 Å². The van der Waals surface area contributed by atoms with Crippen molar-refractivity contribution in [1.82, 2.24) is 0 Å². The molecule has 0 aromatic heterocycles. The maximum absolute atomic E-state index is 11.5. The summed E-state index contributed by atoms with van der Waals surface area (Å²) in [5, 5.41) is 0. The summed E-state index contributed by atoms with van der Waals surface area (Å²) in [6.45, 7) is 4.25. The van der Waals surface area contributed by atoms with Crippen LogP contribution in [0.25, 0.3) is 0 Å². The van der Waals surface area contributed by atoms with E-state index in [0.717, 1.165) is 16.7 Å². The third kappa shape index (κ3) is 3.04. The molecule has 0 amide bonds. The summed E-state index contributed by atoms with van der Waals surface area (Å²) in [6.07, 6.45) is 1.83.